The first kappa shape index (κ1) is 10.4. The highest BCUT2D eigenvalue weighted by Gasteiger charge is 2.05. The van der Waals surface area contributed by atoms with Crippen LogP contribution < -0.4 is 10.4 Å². The zero-order chi connectivity index (χ0) is 11.5. The molecule has 0 spiro atoms. The molecule has 4 nitrogen and oxygen atoms in total. The van der Waals surface area contributed by atoms with Crippen molar-refractivity contribution in [2.75, 3.05) is 6.61 Å². The first-order valence-corrected chi connectivity index (χ1v) is 4.90. The predicted molar refractivity (Wildman–Crippen MR) is 59.0 cm³/mol. The van der Waals surface area contributed by atoms with Gasteiger partial charge in [-0.15, -0.1) is 0 Å². The number of carbonyl (C=O) groups excluding carboxylic acids is 1. The van der Waals surface area contributed by atoms with Crippen LogP contribution in [0.2, 0.25) is 0 Å². The lowest BCUT2D eigenvalue weighted by molar-refractivity contribution is 0.112. The normalized spacial score (nSPS) is 10.3. The van der Waals surface area contributed by atoms with Gasteiger partial charge in [-0.25, -0.2) is 4.79 Å². The molecule has 0 fully saturated rings. The third-order valence-electron chi connectivity index (χ3n) is 2.17. The van der Waals surface area contributed by atoms with E-state index in [1.54, 1.807) is 18.2 Å². The Morgan fingerprint density at radius 2 is 2.19 bits per heavy atom. The zero-order valence-electron chi connectivity index (χ0n) is 8.73. The van der Waals surface area contributed by atoms with Crippen molar-refractivity contribution in [2.45, 2.75) is 6.92 Å². The van der Waals surface area contributed by atoms with Crippen molar-refractivity contribution in [1.29, 1.82) is 0 Å². The van der Waals surface area contributed by atoms with E-state index in [2.05, 4.69) is 0 Å². The minimum atomic E-state index is -0.619. The third kappa shape index (κ3) is 1.82. The van der Waals surface area contributed by atoms with E-state index < -0.39 is 5.63 Å². The van der Waals surface area contributed by atoms with Gasteiger partial charge in [0.2, 0.25) is 0 Å². The molecular weight excluding hydrogens is 208 g/mol. The fraction of sp³-hybridized carbons (Fsp3) is 0.167. The molecule has 1 aromatic carbocycles. The van der Waals surface area contributed by atoms with Crippen LogP contribution in [0.25, 0.3) is 11.0 Å². The highest BCUT2D eigenvalue weighted by Crippen LogP contribution is 2.20. The van der Waals surface area contributed by atoms with Crippen LogP contribution in [-0.2, 0) is 0 Å². The molecule has 0 N–H and O–H groups in total. The van der Waals surface area contributed by atoms with Crippen LogP contribution in [0.5, 0.6) is 5.75 Å². The molecular formula is C12H10O4. The number of hydrogen-bond acceptors (Lipinski definition) is 4. The minimum Gasteiger partial charge on any atom is -0.494 e. The zero-order valence-corrected chi connectivity index (χ0v) is 8.73. The van der Waals surface area contributed by atoms with Gasteiger partial charge in [-0.3, -0.25) is 4.79 Å². The van der Waals surface area contributed by atoms with Crippen LogP contribution in [0.15, 0.2) is 33.5 Å². The number of carbonyl (C=O) groups is 1. The lowest BCUT2D eigenvalue weighted by Crippen LogP contribution is -2.05. The van der Waals surface area contributed by atoms with Gasteiger partial charge in [0, 0.05) is 5.39 Å². The average molecular weight is 218 g/mol. The highest BCUT2D eigenvalue weighted by atomic mass is 16.5. The molecule has 0 atom stereocenters. The van der Waals surface area contributed by atoms with Crippen LogP contribution in [0, 0.1) is 0 Å². The predicted octanol–water partition coefficient (Wildman–Crippen LogP) is 2.00. The van der Waals surface area contributed by atoms with Crippen molar-refractivity contribution in [3.8, 4) is 5.75 Å². The van der Waals surface area contributed by atoms with Crippen LogP contribution in [0.4, 0.5) is 0 Å². The highest BCUT2D eigenvalue weighted by molar-refractivity contribution is 5.85. The van der Waals surface area contributed by atoms with E-state index in [1.807, 2.05) is 6.92 Å². The van der Waals surface area contributed by atoms with Gasteiger partial charge in [0.1, 0.15) is 16.9 Å². The maximum Gasteiger partial charge on any atom is 0.346 e. The number of ether oxygens (including phenoxy) is 1. The molecule has 0 aliphatic rings. The molecule has 1 heterocycles. The monoisotopic (exact) mass is 218 g/mol. The summed E-state index contributed by atoms with van der Waals surface area (Å²) in [6.45, 7) is 2.44. The fourth-order valence-electron chi connectivity index (χ4n) is 1.46. The molecule has 0 aliphatic heterocycles. The lowest BCUT2D eigenvalue weighted by Gasteiger charge is -2.03. The molecule has 1 aromatic heterocycles. The summed E-state index contributed by atoms with van der Waals surface area (Å²) < 4.78 is 10.3. The first-order valence-electron chi connectivity index (χ1n) is 4.90. The summed E-state index contributed by atoms with van der Waals surface area (Å²) >= 11 is 0. The van der Waals surface area contributed by atoms with Gasteiger partial charge in [-0.05, 0) is 31.2 Å². The number of fused-ring (bicyclic) bond motifs is 1. The summed E-state index contributed by atoms with van der Waals surface area (Å²) in [7, 11) is 0. The molecule has 82 valence electrons. The molecule has 2 rings (SSSR count). The fourth-order valence-corrected chi connectivity index (χ4v) is 1.46. The second-order valence-electron chi connectivity index (χ2n) is 3.24. The van der Waals surface area contributed by atoms with Gasteiger partial charge < -0.3 is 9.15 Å². The molecule has 0 amide bonds. The standard InChI is InChI=1S/C12H10O4/c1-2-15-10-3-4-11-8(6-10)5-9(7-13)12(14)16-11/h3-7H,2H2,1H3. The van der Waals surface area contributed by atoms with Crippen molar-refractivity contribution in [3.63, 3.8) is 0 Å². The largest absolute Gasteiger partial charge is 0.494 e. The van der Waals surface area contributed by atoms with E-state index in [0.29, 0.717) is 29.6 Å². The molecule has 4 heteroatoms. The Morgan fingerprint density at radius 3 is 2.88 bits per heavy atom. The molecule has 0 aliphatic carbocycles. The Bertz CT molecular complexity index is 583. The van der Waals surface area contributed by atoms with E-state index in [-0.39, 0.29) is 5.56 Å². The number of hydrogen-bond donors (Lipinski definition) is 0. The van der Waals surface area contributed by atoms with Crippen molar-refractivity contribution in [3.05, 3.63) is 40.2 Å². The quantitative estimate of drug-likeness (QED) is 0.584. The molecule has 0 bridgehead atoms. The van der Waals surface area contributed by atoms with Gasteiger partial charge in [0.15, 0.2) is 6.29 Å². The lowest BCUT2D eigenvalue weighted by atomic mass is 10.2. The van der Waals surface area contributed by atoms with Crippen LogP contribution in [0.3, 0.4) is 0 Å². The van der Waals surface area contributed by atoms with Crippen LogP contribution in [-0.4, -0.2) is 12.9 Å². The van der Waals surface area contributed by atoms with E-state index in [1.165, 1.54) is 6.07 Å². The van der Waals surface area contributed by atoms with Crippen molar-refractivity contribution >= 4 is 17.3 Å². The Balaban J connectivity index is 2.63. The third-order valence-corrected chi connectivity index (χ3v) is 2.17. The Hall–Kier alpha value is -2.10. The SMILES string of the molecule is CCOc1ccc2oc(=O)c(C=O)cc2c1. The van der Waals surface area contributed by atoms with Crippen LogP contribution >= 0.6 is 0 Å². The van der Waals surface area contributed by atoms with E-state index >= 15 is 0 Å². The first-order chi connectivity index (χ1) is 7.74. The van der Waals surface area contributed by atoms with Gasteiger partial charge in [0.05, 0.1) is 6.61 Å². The summed E-state index contributed by atoms with van der Waals surface area (Å²) in [5.41, 5.74) is -0.160. The van der Waals surface area contributed by atoms with E-state index in [4.69, 9.17) is 9.15 Å². The molecule has 0 unspecified atom stereocenters. The number of benzene rings is 1. The van der Waals surface area contributed by atoms with E-state index in [9.17, 15) is 9.59 Å². The van der Waals surface area contributed by atoms with Gasteiger partial charge in [-0.1, -0.05) is 0 Å². The van der Waals surface area contributed by atoms with Crippen LogP contribution in [0.1, 0.15) is 17.3 Å². The summed E-state index contributed by atoms with van der Waals surface area (Å²) in [5, 5.41) is 0.674. The van der Waals surface area contributed by atoms with Crippen molar-refractivity contribution < 1.29 is 13.9 Å². The van der Waals surface area contributed by atoms with Crippen molar-refractivity contribution in [2.24, 2.45) is 0 Å². The Labute approximate surface area is 91.4 Å². The molecule has 0 saturated carbocycles. The summed E-state index contributed by atoms with van der Waals surface area (Å²) in [6.07, 6.45) is 0.485. The van der Waals surface area contributed by atoms with Gasteiger partial charge in [0.25, 0.3) is 0 Å². The van der Waals surface area contributed by atoms with Crippen molar-refractivity contribution in [1.82, 2.24) is 0 Å². The minimum absolute atomic E-state index is 0.0150. The molecule has 0 radical (unpaired) electrons. The summed E-state index contributed by atoms with van der Waals surface area (Å²) in [5.74, 6) is 0.681. The van der Waals surface area contributed by atoms with Gasteiger partial charge >= 0.3 is 5.63 Å². The number of rotatable bonds is 3. The smallest absolute Gasteiger partial charge is 0.346 e. The number of aldehydes is 1. The maximum absolute atomic E-state index is 11.2. The molecule has 16 heavy (non-hydrogen) atoms. The molecule has 2 aromatic rings. The second-order valence-corrected chi connectivity index (χ2v) is 3.24. The summed E-state index contributed by atoms with van der Waals surface area (Å²) in [4.78, 5) is 21.8. The average Bonchev–Trinajstić information content (AvgIpc) is 2.29. The maximum atomic E-state index is 11.2. The Kier molecular flexibility index (Phi) is 2.72. The Morgan fingerprint density at radius 1 is 1.38 bits per heavy atom. The topological polar surface area (TPSA) is 56.5 Å². The molecule has 0 saturated heterocycles. The van der Waals surface area contributed by atoms with E-state index in [0.717, 1.165) is 0 Å². The summed E-state index contributed by atoms with van der Waals surface area (Å²) in [6, 6.07) is 6.59. The van der Waals surface area contributed by atoms with Gasteiger partial charge in [-0.2, -0.15) is 0 Å². The second kappa shape index (κ2) is 4.18.